The van der Waals surface area contributed by atoms with Gasteiger partial charge in [-0.1, -0.05) is 39.7 Å². The molecule has 22 heavy (non-hydrogen) atoms. The minimum atomic E-state index is -0.214. The predicted molar refractivity (Wildman–Crippen MR) is 92.5 cm³/mol. The second-order valence-electron chi connectivity index (χ2n) is 4.91. The van der Waals surface area contributed by atoms with Gasteiger partial charge in [0.15, 0.2) is 0 Å². The van der Waals surface area contributed by atoms with Crippen molar-refractivity contribution >= 4 is 27.6 Å². The van der Waals surface area contributed by atoms with Crippen LogP contribution in [-0.2, 0) is 0 Å². The number of nitrogens with one attached hydrogen (secondary N) is 2. The maximum Gasteiger partial charge on any atom is 0.319 e. The van der Waals surface area contributed by atoms with Gasteiger partial charge in [-0.15, -0.1) is 0 Å². The number of benzene rings is 2. The number of anilines is 1. The highest BCUT2D eigenvalue weighted by Gasteiger charge is 2.01. The van der Waals surface area contributed by atoms with E-state index in [-0.39, 0.29) is 6.03 Å². The Bertz CT molecular complexity index is 614. The van der Waals surface area contributed by atoms with Gasteiger partial charge in [-0.3, -0.25) is 0 Å². The number of hydrogen-bond donors (Lipinski definition) is 2. The number of hydrogen-bond acceptors (Lipinski definition) is 2. The van der Waals surface area contributed by atoms with Gasteiger partial charge in [0.1, 0.15) is 5.75 Å². The Balaban J connectivity index is 1.62. The lowest BCUT2D eigenvalue weighted by molar-refractivity contribution is 0.250. The normalized spacial score (nSPS) is 10.1. The summed E-state index contributed by atoms with van der Waals surface area (Å²) in [6.07, 6.45) is 0.750. The number of ether oxygens (including phenoxy) is 1. The van der Waals surface area contributed by atoms with Crippen molar-refractivity contribution in [2.75, 3.05) is 18.5 Å². The van der Waals surface area contributed by atoms with Crippen LogP contribution in [0.25, 0.3) is 0 Å². The highest BCUT2D eigenvalue weighted by molar-refractivity contribution is 9.10. The third-order valence-electron chi connectivity index (χ3n) is 2.98. The molecule has 0 saturated carbocycles. The summed E-state index contributed by atoms with van der Waals surface area (Å²) in [5, 5.41) is 5.58. The molecule has 2 N–H and O–H groups in total. The van der Waals surface area contributed by atoms with Crippen molar-refractivity contribution < 1.29 is 9.53 Å². The number of amides is 2. The van der Waals surface area contributed by atoms with Crippen molar-refractivity contribution in [3.8, 4) is 5.75 Å². The lowest BCUT2D eigenvalue weighted by atomic mass is 10.2. The second kappa shape index (κ2) is 8.44. The number of rotatable bonds is 6. The van der Waals surface area contributed by atoms with Crippen LogP contribution in [0.1, 0.15) is 12.0 Å². The highest BCUT2D eigenvalue weighted by atomic mass is 79.9. The Morgan fingerprint density at radius 1 is 1.18 bits per heavy atom. The molecule has 2 aromatic rings. The summed E-state index contributed by atoms with van der Waals surface area (Å²) in [7, 11) is 0. The van der Waals surface area contributed by atoms with E-state index in [1.165, 1.54) is 5.56 Å². The summed E-state index contributed by atoms with van der Waals surface area (Å²) in [6, 6.07) is 15.2. The molecule has 2 aromatic carbocycles. The Morgan fingerprint density at radius 3 is 2.68 bits per heavy atom. The minimum Gasteiger partial charge on any atom is -0.494 e. The molecule has 0 aliphatic carbocycles. The van der Waals surface area contributed by atoms with Crippen LogP contribution in [0.5, 0.6) is 5.75 Å². The van der Waals surface area contributed by atoms with Crippen molar-refractivity contribution in [2.45, 2.75) is 13.3 Å². The Labute approximate surface area is 139 Å². The van der Waals surface area contributed by atoms with E-state index in [4.69, 9.17) is 4.74 Å². The average Bonchev–Trinajstić information content (AvgIpc) is 2.49. The molecular weight excluding hydrogens is 344 g/mol. The predicted octanol–water partition coefficient (Wildman–Crippen LogP) is 4.35. The monoisotopic (exact) mass is 362 g/mol. The molecule has 0 radical (unpaired) electrons. The van der Waals surface area contributed by atoms with Gasteiger partial charge in [-0.05, 0) is 43.7 Å². The highest BCUT2D eigenvalue weighted by Crippen LogP contribution is 2.15. The molecule has 2 rings (SSSR count). The first-order valence-corrected chi connectivity index (χ1v) is 7.93. The van der Waals surface area contributed by atoms with Gasteiger partial charge in [0, 0.05) is 16.7 Å². The van der Waals surface area contributed by atoms with Crippen LogP contribution in [-0.4, -0.2) is 19.2 Å². The molecule has 0 aromatic heterocycles. The molecule has 2 amide bonds. The molecule has 0 atom stereocenters. The number of halogens is 1. The maximum atomic E-state index is 11.7. The van der Waals surface area contributed by atoms with E-state index in [1.807, 2.05) is 55.5 Å². The average molecular weight is 363 g/mol. The van der Waals surface area contributed by atoms with Crippen molar-refractivity contribution in [1.29, 1.82) is 0 Å². The number of urea groups is 1. The third-order valence-corrected chi connectivity index (χ3v) is 3.47. The standard InChI is InChI=1S/C17H19BrN2O2/c1-13-6-8-16(9-7-13)22-11-3-10-19-17(21)20-15-5-2-4-14(18)12-15/h2,4-9,12H,3,10-11H2,1H3,(H2,19,20,21). The molecular formula is C17H19BrN2O2. The van der Waals surface area contributed by atoms with Crippen LogP contribution in [0.2, 0.25) is 0 Å². The number of carbonyl (C=O) groups excluding carboxylic acids is 1. The minimum absolute atomic E-state index is 0.214. The van der Waals surface area contributed by atoms with Crippen LogP contribution in [0.3, 0.4) is 0 Å². The van der Waals surface area contributed by atoms with E-state index in [0.717, 1.165) is 22.3 Å². The van der Waals surface area contributed by atoms with Gasteiger partial charge >= 0.3 is 6.03 Å². The molecule has 0 bridgehead atoms. The van der Waals surface area contributed by atoms with Crippen molar-refractivity contribution in [3.63, 3.8) is 0 Å². The molecule has 0 saturated heterocycles. The lowest BCUT2D eigenvalue weighted by Crippen LogP contribution is -2.30. The van der Waals surface area contributed by atoms with Crippen LogP contribution in [0.4, 0.5) is 10.5 Å². The number of carbonyl (C=O) groups is 1. The summed E-state index contributed by atoms with van der Waals surface area (Å²) in [5.41, 5.74) is 1.96. The first-order valence-electron chi connectivity index (χ1n) is 7.13. The molecule has 0 fully saturated rings. The van der Waals surface area contributed by atoms with Crippen LogP contribution in [0.15, 0.2) is 53.0 Å². The van der Waals surface area contributed by atoms with Crippen molar-refractivity contribution in [1.82, 2.24) is 5.32 Å². The summed E-state index contributed by atoms with van der Waals surface area (Å²) in [5.74, 6) is 0.851. The Kier molecular flexibility index (Phi) is 6.27. The zero-order valence-corrected chi connectivity index (χ0v) is 14.0. The van der Waals surface area contributed by atoms with Gasteiger partial charge in [0.25, 0.3) is 0 Å². The van der Waals surface area contributed by atoms with E-state index >= 15 is 0 Å². The molecule has 0 unspecified atom stereocenters. The molecule has 5 heteroatoms. The first-order chi connectivity index (χ1) is 10.6. The fourth-order valence-electron chi connectivity index (χ4n) is 1.84. The van der Waals surface area contributed by atoms with E-state index < -0.39 is 0 Å². The second-order valence-corrected chi connectivity index (χ2v) is 5.82. The summed E-state index contributed by atoms with van der Waals surface area (Å²) >= 11 is 3.36. The fraction of sp³-hybridized carbons (Fsp3) is 0.235. The Morgan fingerprint density at radius 2 is 1.95 bits per heavy atom. The first kappa shape index (κ1) is 16.4. The lowest BCUT2D eigenvalue weighted by Gasteiger charge is -2.09. The zero-order valence-electron chi connectivity index (χ0n) is 12.4. The van der Waals surface area contributed by atoms with Gasteiger partial charge in [0.05, 0.1) is 6.61 Å². The smallest absolute Gasteiger partial charge is 0.319 e. The van der Waals surface area contributed by atoms with E-state index in [2.05, 4.69) is 26.6 Å². The summed E-state index contributed by atoms with van der Waals surface area (Å²) in [6.45, 7) is 3.17. The van der Waals surface area contributed by atoms with Crippen molar-refractivity contribution in [3.05, 3.63) is 58.6 Å². The van der Waals surface area contributed by atoms with E-state index in [9.17, 15) is 4.79 Å². The van der Waals surface area contributed by atoms with Gasteiger partial charge in [-0.2, -0.15) is 0 Å². The summed E-state index contributed by atoms with van der Waals surface area (Å²) < 4.78 is 6.53. The largest absolute Gasteiger partial charge is 0.494 e. The molecule has 0 spiro atoms. The molecule has 116 valence electrons. The molecule has 0 heterocycles. The van der Waals surface area contributed by atoms with Gasteiger partial charge in [0.2, 0.25) is 0 Å². The number of aryl methyl sites for hydroxylation is 1. The molecule has 4 nitrogen and oxygen atoms in total. The van der Waals surface area contributed by atoms with Gasteiger partial charge in [-0.25, -0.2) is 4.79 Å². The third kappa shape index (κ3) is 5.77. The maximum absolute atomic E-state index is 11.7. The van der Waals surface area contributed by atoms with Crippen LogP contribution in [0, 0.1) is 6.92 Å². The zero-order chi connectivity index (χ0) is 15.8. The quantitative estimate of drug-likeness (QED) is 0.750. The topological polar surface area (TPSA) is 50.4 Å². The molecule has 0 aliphatic rings. The fourth-order valence-corrected chi connectivity index (χ4v) is 2.24. The SMILES string of the molecule is Cc1ccc(OCCCNC(=O)Nc2cccc(Br)c2)cc1. The molecule has 0 aliphatic heterocycles. The van der Waals surface area contributed by atoms with E-state index in [0.29, 0.717) is 13.2 Å². The van der Waals surface area contributed by atoms with Crippen LogP contribution < -0.4 is 15.4 Å². The summed E-state index contributed by atoms with van der Waals surface area (Å²) in [4.78, 5) is 11.7. The van der Waals surface area contributed by atoms with Crippen LogP contribution >= 0.6 is 15.9 Å². The Hall–Kier alpha value is -2.01. The van der Waals surface area contributed by atoms with E-state index in [1.54, 1.807) is 0 Å². The van der Waals surface area contributed by atoms with Gasteiger partial charge < -0.3 is 15.4 Å². The van der Waals surface area contributed by atoms with Crippen molar-refractivity contribution in [2.24, 2.45) is 0 Å².